The second-order valence-electron chi connectivity index (χ2n) is 12.9. The van der Waals surface area contributed by atoms with Gasteiger partial charge in [0.2, 0.25) is 0 Å². The predicted molar refractivity (Wildman–Crippen MR) is 130 cm³/mol. The van der Waals surface area contributed by atoms with Crippen molar-refractivity contribution in [2.75, 3.05) is 13.2 Å². The first-order valence-corrected chi connectivity index (χ1v) is 19.4. The molecule has 0 aromatic rings. The highest BCUT2D eigenvalue weighted by molar-refractivity contribution is 6.78. The van der Waals surface area contributed by atoms with Gasteiger partial charge in [-0.1, -0.05) is 75.4 Å². The Hall–Kier alpha value is 0.531. The molecule has 0 spiro atoms. The molecule has 0 saturated heterocycles. The molecule has 0 aliphatic rings. The Labute approximate surface area is 174 Å². The van der Waals surface area contributed by atoms with Crippen LogP contribution in [0.15, 0.2) is 0 Å². The van der Waals surface area contributed by atoms with Gasteiger partial charge in [0.1, 0.15) is 8.24 Å². The lowest BCUT2D eigenvalue weighted by atomic mass is 10.2. The van der Waals surface area contributed by atoms with Gasteiger partial charge in [-0.25, -0.2) is 0 Å². The van der Waals surface area contributed by atoms with Crippen LogP contribution < -0.4 is 4.98 Å². The maximum absolute atomic E-state index is 6.60. The zero-order valence-corrected chi connectivity index (χ0v) is 24.3. The number of hydrogen-bond acceptors (Lipinski definition) is 3. The smallest absolute Gasteiger partial charge is 0.192 e. The normalized spacial score (nSPS) is 15.6. The Morgan fingerprint density at radius 3 is 1.11 bits per heavy atom. The molecule has 164 valence electrons. The Bertz CT molecular complexity index is 439. The molecule has 3 nitrogen and oxygen atoms in total. The van der Waals surface area contributed by atoms with Crippen LogP contribution >= 0.6 is 0 Å². The molecular weight excluding hydrogens is 382 g/mol. The van der Waals surface area contributed by atoms with Gasteiger partial charge in [0.15, 0.2) is 16.6 Å². The fourth-order valence-electron chi connectivity index (χ4n) is 1.91. The van der Waals surface area contributed by atoms with Crippen molar-refractivity contribution in [1.82, 2.24) is 4.98 Å². The molecule has 6 heteroatoms. The zero-order chi connectivity index (χ0) is 22.1. The highest BCUT2D eigenvalue weighted by Gasteiger charge is 2.42. The Morgan fingerprint density at radius 1 is 0.593 bits per heavy atom. The van der Waals surface area contributed by atoms with E-state index >= 15 is 0 Å². The van der Waals surface area contributed by atoms with E-state index in [-0.39, 0.29) is 16.1 Å². The first kappa shape index (κ1) is 27.5. The SMILES string of the molecule is CC(C)(C)[Si](C)(C)NC(CO[Si](C)(C)C(C)(C)C)CO[Si](C)(C)C(C)(C)C. The second kappa shape index (κ2) is 8.72. The minimum atomic E-state index is -1.77. The van der Waals surface area contributed by atoms with E-state index in [1.54, 1.807) is 0 Å². The fraction of sp³-hybridized carbons (Fsp3) is 1.00. The molecule has 0 unspecified atom stereocenters. The maximum Gasteiger partial charge on any atom is 0.192 e. The third kappa shape index (κ3) is 8.05. The summed E-state index contributed by atoms with van der Waals surface area (Å²) < 4.78 is 13.2. The molecule has 0 heterocycles. The van der Waals surface area contributed by atoms with Crippen molar-refractivity contribution in [2.24, 2.45) is 0 Å². The van der Waals surface area contributed by atoms with E-state index in [4.69, 9.17) is 8.85 Å². The van der Waals surface area contributed by atoms with Gasteiger partial charge in [0.05, 0.1) is 13.2 Å². The van der Waals surface area contributed by atoms with E-state index in [9.17, 15) is 0 Å². The lowest BCUT2D eigenvalue weighted by Gasteiger charge is -2.44. The van der Waals surface area contributed by atoms with Crippen molar-refractivity contribution in [3.8, 4) is 0 Å². The fourth-order valence-corrected chi connectivity index (χ4v) is 5.63. The number of hydrogen-bond donors (Lipinski definition) is 1. The summed E-state index contributed by atoms with van der Waals surface area (Å²) in [6.45, 7) is 36.6. The molecule has 0 aliphatic carbocycles. The summed E-state index contributed by atoms with van der Waals surface area (Å²) in [5.74, 6) is 0. The van der Waals surface area contributed by atoms with Crippen LogP contribution in [-0.4, -0.2) is 44.1 Å². The minimum absolute atomic E-state index is 0.231. The summed E-state index contributed by atoms with van der Waals surface area (Å²) >= 11 is 0. The topological polar surface area (TPSA) is 30.5 Å². The van der Waals surface area contributed by atoms with E-state index < -0.39 is 24.9 Å². The van der Waals surface area contributed by atoms with Crippen LogP contribution in [0.1, 0.15) is 62.3 Å². The minimum Gasteiger partial charge on any atom is -0.415 e. The molecule has 0 aliphatic heterocycles. The van der Waals surface area contributed by atoms with Crippen molar-refractivity contribution in [1.29, 1.82) is 0 Å². The van der Waals surface area contributed by atoms with Gasteiger partial charge in [-0.15, -0.1) is 0 Å². The molecule has 27 heavy (non-hydrogen) atoms. The van der Waals surface area contributed by atoms with Gasteiger partial charge in [-0.2, -0.15) is 0 Å². The highest BCUT2D eigenvalue weighted by Crippen LogP contribution is 2.39. The summed E-state index contributed by atoms with van der Waals surface area (Å²) in [7, 11) is -5.17. The Kier molecular flexibility index (Phi) is 8.89. The van der Waals surface area contributed by atoms with E-state index in [1.807, 2.05) is 0 Å². The summed E-state index contributed by atoms with van der Waals surface area (Å²) in [4.78, 5) is 4.01. The summed E-state index contributed by atoms with van der Waals surface area (Å²) in [5, 5.41) is 0.753. The van der Waals surface area contributed by atoms with Crippen LogP contribution in [-0.2, 0) is 8.85 Å². The van der Waals surface area contributed by atoms with E-state index in [0.29, 0.717) is 5.04 Å². The van der Waals surface area contributed by atoms with Crippen molar-refractivity contribution < 1.29 is 8.85 Å². The molecule has 0 atom stereocenters. The van der Waals surface area contributed by atoms with Gasteiger partial charge in [-0.3, -0.25) is 0 Å². The quantitative estimate of drug-likeness (QED) is 0.418. The zero-order valence-electron chi connectivity index (χ0n) is 21.3. The molecule has 0 radical (unpaired) electrons. The van der Waals surface area contributed by atoms with Crippen LogP contribution in [0, 0.1) is 0 Å². The van der Waals surface area contributed by atoms with Crippen LogP contribution in [0.5, 0.6) is 0 Å². The Morgan fingerprint density at radius 2 is 0.889 bits per heavy atom. The first-order valence-electron chi connectivity index (χ1n) is 10.6. The molecule has 0 amide bonds. The van der Waals surface area contributed by atoms with Crippen molar-refractivity contribution in [3.05, 3.63) is 0 Å². The standard InChI is InChI=1S/C21H51NO2Si3/c1-19(2,3)25(10,11)22-18(16-23-26(12,13)20(4,5)6)17-24-27(14,15)21(7,8)9/h18,22H,16-17H2,1-15H3. The molecule has 0 bridgehead atoms. The summed E-state index contributed by atoms with van der Waals surface area (Å²) in [6.07, 6.45) is 0. The molecule has 0 aromatic heterocycles. The van der Waals surface area contributed by atoms with E-state index in [0.717, 1.165) is 13.2 Å². The number of nitrogens with one attached hydrogen (secondary N) is 1. The predicted octanol–water partition coefficient (Wildman–Crippen LogP) is 6.99. The lowest BCUT2D eigenvalue weighted by molar-refractivity contribution is 0.187. The summed E-state index contributed by atoms with van der Waals surface area (Å²) in [6, 6.07) is 0.258. The summed E-state index contributed by atoms with van der Waals surface area (Å²) in [5.41, 5.74) is 0. The average Bonchev–Trinajstić information content (AvgIpc) is 2.37. The Balaban J connectivity index is 5.35. The van der Waals surface area contributed by atoms with Crippen molar-refractivity contribution >= 4 is 24.9 Å². The molecular formula is C21H51NO2Si3. The monoisotopic (exact) mass is 433 g/mol. The van der Waals surface area contributed by atoms with Gasteiger partial charge in [-0.05, 0) is 41.3 Å². The van der Waals surface area contributed by atoms with E-state index in [2.05, 4.69) is 107 Å². The van der Waals surface area contributed by atoms with Crippen LogP contribution in [0.4, 0.5) is 0 Å². The molecule has 0 fully saturated rings. The van der Waals surface area contributed by atoms with Crippen LogP contribution in [0.2, 0.25) is 54.4 Å². The maximum atomic E-state index is 6.60. The largest absolute Gasteiger partial charge is 0.415 e. The van der Waals surface area contributed by atoms with Crippen LogP contribution in [0.25, 0.3) is 0 Å². The molecule has 0 saturated carbocycles. The first-order chi connectivity index (χ1) is 11.5. The lowest BCUT2D eigenvalue weighted by Crippen LogP contribution is -2.60. The average molecular weight is 434 g/mol. The van der Waals surface area contributed by atoms with Gasteiger partial charge in [0.25, 0.3) is 0 Å². The van der Waals surface area contributed by atoms with Gasteiger partial charge >= 0.3 is 0 Å². The van der Waals surface area contributed by atoms with Crippen molar-refractivity contribution in [2.45, 2.75) is 123 Å². The highest BCUT2D eigenvalue weighted by atomic mass is 28.4. The third-order valence-electron chi connectivity index (χ3n) is 7.34. The van der Waals surface area contributed by atoms with Gasteiger partial charge < -0.3 is 13.8 Å². The van der Waals surface area contributed by atoms with Crippen LogP contribution in [0.3, 0.4) is 0 Å². The molecule has 0 aromatic carbocycles. The van der Waals surface area contributed by atoms with E-state index in [1.165, 1.54) is 0 Å². The van der Waals surface area contributed by atoms with Gasteiger partial charge in [0, 0.05) is 6.04 Å². The second-order valence-corrected chi connectivity index (χ2v) is 27.5. The van der Waals surface area contributed by atoms with Crippen molar-refractivity contribution in [3.63, 3.8) is 0 Å². The molecule has 1 N–H and O–H groups in total. The number of rotatable bonds is 8. The third-order valence-corrected chi connectivity index (χ3v) is 21.2. The molecule has 0 rings (SSSR count).